The predicted molar refractivity (Wildman–Crippen MR) is 158 cm³/mol. The normalized spacial score (nSPS) is 10.6. The highest BCUT2D eigenvalue weighted by Crippen LogP contribution is 2.28. The molecule has 0 aliphatic carbocycles. The number of aromatic hydroxyl groups is 1. The predicted octanol–water partition coefficient (Wildman–Crippen LogP) is 5.09. The summed E-state index contributed by atoms with van der Waals surface area (Å²) in [6, 6.07) is 23.9. The fraction of sp³-hybridized carbons (Fsp3) is 0.0938. The molecule has 9 nitrogen and oxygen atoms in total. The van der Waals surface area contributed by atoms with E-state index >= 15 is 0 Å². The monoisotopic (exact) mass is 559 g/mol. The summed E-state index contributed by atoms with van der Waals surface area (Å²) in [6.45, 7) is 0.709. The van der Waals surface area contributed by atoms with Crippen LogP contribution in [-0.2, 0) is 13.0 Å². The molecular formula is C32H26FN7O2. The molecule has 1 amide bonds. The lowest BCUT2D eigenvalue weighted by Gasteiger charge is -2.12. The van der Waals surface area contributed by atoms with Gasteiger partial charge in [0.1, 0.15) is 35.0 Å². The molecule has 0 aliphatic heterocycles. The van der Waals surface area contributed by atoms with Crippen LogP contribution in [0.1, 0.15) is 27.0 Å². The molecule has 42 heavy (non-hydrogen) atoms. The summed E-state index contributed by atoms with van der Waals surface area (Å²) >= 11 is 0. The summed E-state index contributed by atoms with van der Waals surface area (Å²) in [5.74, 6) is 0.0285. The minimum Gasteiger partial charge on any atom is -0.508 e. The van der Waals surface area contributed by atoms with Gasteiger partial charge in [-0.25, -0.2) is 19.3 Å². The largest absolute Gasteiger partial charge is 0.508 e. The van der Waals surface area contributed by atoms with Crippen LogP contribution in [0.25, 0.3) is 22.5 Å². The van der Waals surface area contributed by atoms with E-state index in [1.165, 1.54) is 24.4 Å². The Morgan fingerprint density at radius 2 is 1.71 bits per heavy atom. The van der Waals surface area contributed by atoms with Crippen molar-refractivity contribution in [3.63, 3.8) is 0 Å². The van der Waals surface area contributed by atoms with E-state index in [1.807, 2.05) is 30.3 Å². The van der Waals surface area contributed by atoms with Crippen LogP contribution in [0.3, 0.4) is 0 Å². The summed E-state index contributed by atoms with van der Waals surface area (Å²) in [6.07, 6.45) is 3.53. The van der Waals surface area contributed by atoms with Crippen molar-refractivity contribution in [3.05, 3.63) is 119 Å². The van der Waals surface area contributed by atoms with Gasteiger partial charge in [0.05, 0.1) is 23.0 Å². The molecular weight excluding hydrogens is 533 g/mol. The molecule has 3 aromatic carbocycles. The number of hydrogen-bond donors (Lipinski definition) is 4. The molecule has 0 aliphatic rings. The maximum atomic E-state index is 13.1. The molecule has 0 radical (unpaired) electrons. The first-order valence-corrected chi connectivity index (χ1v) is 13.1. The molecule has 0 saturated carbocycles. The third kappa shape index (κ3) is 6.66. The maximum Gasteiger partial charge on any atom is 0.255 e. The Hall–Kier alpha value is -5.82. The van der Waals surface area contributed by atoms with Gasteiger partial charge in [0.25, 0.3) is 5.91 Å². The molecule has 0 atom stereocenters. The zero-order valence-electron chi connectivity index (χ0n) is 22.4. The highest BCUT2D eigenvalue weighted by Gasteiger charge is 2.15. The minimum atomic E-state index is -0.371. The van der Waals surface area contributed by atoms with Crippen molar-refractivity contribution >= 4 is 17.5 Å². The van der Waals surface area contributed by atoms with Crippen LogP contribution in [0.5, 0.6) is 5.75 Å². The summed E-state index contributed by atoms with van der Waals surface area (Å²) in [7, 11) is 0. The zero-order valence-corrected chi connectivity index (χ0v) is 22.4. The highest BCUT2D eigenvalue weighted by atomic mass is 19.1. The fourth-order valence-corrected chi connectivity index (χ4v) is 4.29. The Labute approximate surface area is 241 Å². The molecule has 10 heteroatoms. The molecule has 208 valence electrons. The second kappa shape index (κ2) is 12.6. The topological polar surface area (TPSA) is 150 Å². The number of rotatable bonds is 9. The first kappa shape index (κ1) is 27.7. The number of carbonyl (C=O) groups excluding carboxylic acids is 1. The van der Waals surface area contributed by atoms with Crippen molar-refractivity contribution in [3.8, 4) is 34.3 Å². The van der Waals surface area contributed by atoms with Gasteiger partial charge in [-0.3, -0.25) is 4.79 Å². The van der Waals surface area contributed by atoms with Gasteiger partial charge < -0.3 is 21.5 Å². The lowest BCUT2D eigenvalue weighted by molar-refractivity contribution is 0.0954. The number of nitrogens with two attached hydrogens (primary N) is 1. The van der Waals surface area contributed by atoms with E-state index in [4.69, 9.17) is 5.73 Å². The van der Waals surface area contributed by atoms with Crippen molar-refractivity contribution in [1.82, 2.24) is 20.3 Å². The van der Waals surface area contributed by atoms with Gasteiger partial charge in [-0.2, -0.15) is 5.26 Å². The summed E-state index contributed by atoms with van der Waals surface area (Å²) in [5.41, 5.74) is 11.0. The lowest BCUT2D eigenvalue weighted by Crippen LogP contribution is -2.27. The van der Waals surface area contributed by atoms with Gasteiger partial charge in [0.2, 0.25) is 0 Å². The van der Waals surface area contributed by atoms with Crippen LogP contribution in [0, 0.1) is 17.1 Å². The minimum absolute atomic E-state index is 0.110. The molecule has 0 bridgehead atoms. The summed E-state index contributed by atoms with van der Waals surface area (Å²) < 4.78 is 13.1. The Morgan fingerprint density at radius 1 is 0.952 bits per heavy atom. The van der Waals surface area contributed by atoms with Gasteiger partial charge in [-0.05, 0) is 47.9 Å². The van der Waals surface area contributed by atoms with E-state index in [0.717, 1.165) is 16.7 Å². The van der Waals surface area contributed by atoms with E-state index in [0.29, 0.717) is 42.3 Å². The van der Waals surface area contributed by atoms with Gasteiger partial charge in [0, 0.05) is 30.4 Å². The molecule has 5 rings (SSSR count). The number of phenols is 1. The van der Waals surface area contributed by atoms with Crippen molar-refractivity contribution < 1.29 is 14.3 Å². The molecule has 5 aromatic rings. The fourth-order valence-electron chi connectivity index (χ4n) is 4.29. The number of nitrogen functional groups attached to an aromatic ring is 1. The lowest BCUT2D eigenvalue weighted by atomic mass is 10.1. The number of anilines is 2. The molecule has 0 unspecified atom stereocenters. The third-order valence-corrected chi connectivity index (χ3v) is 6.50. The summed E-state index contributed by atoms with van der Waals surface area (Å²) in [5, 5.41) is 25.2. The Balaban J connectivity index is 1.26. The molecule has 0 fully saturated rings. The number of nitriles is 1. The standard InChI is InChI=1S/C32H26FN7O2/c33-25-10-6-20(7-11-25)12-13-36-32(42)27-14-22(16-34)18-39-31(27)38-17-21-4-8-23(9-5-21)28-19-37-30(35)29(40-28)24-2-1-3-26(41)15-24/h1-11,14-15,18-19,41H,12-13,17H2,(H2,35,37)(H,36,42)(H,38,39). The first-order chi connectivity index (χ1) is 20.4. The third-order valence-electron chi connectivity index (χ3n) is 6.50. The van der Waals surface area contributed by atoms with Crippen LogP contribution < -0.4 is 16.4 Å². The molecule has 0 spiro atoms. The number of nitrogens with one attached hydrogen (secondary N) is 2. The van der Waals surface area contributed by atoms with Crippen molar-refractivity contribution in [1.29, 1.82) is 5.26 Å². The van der Waals surface area contributed by atoms with Crippen molar-refractivity contribution in [2.24, 2.45) is 0 Å². The van der Waals surface area contributed by atoms with Gasteiger partial charge in [0.15, 0.2) is 0 Å². The SMILES string of the molecule is N#Cc1cnc(NCc2ccc(-c3cnc(N)c(-c4cccc(O)c4)n3)cc2)c(C(=O)NCCc2ccc(F)cc2)c1. The molecule has 0 saturated heterocycles. The number of phenolic OH excluding ortho intramolecular Hbond substituents is 1. The Bertz CT molecular complexity index is 1770. The van der Waals surface area contributed by atoms with Crippen LogP contribution in [-0.4, -0.2) is 32.5 Å². The van der Waals surface area contributed by atoms with E-state index < -0.39 is 0 Å². The van der Waals surface area contributed by atoms with E-state index in [9.17, 15) is 19.6 Å². The van der Waals surface area contributed by atoms with Gasteiger partial charge in [-0.1, -0.05) is 48.5 Å². The zero-order chi connectivity index (χ0) is 29.5. The van der Waals surface area contributed by atoms with Crippen LogP contribution in [0.15, 0.2) is 91.3 Å². The number of carbonyl (C=O) groups is 1. The summed E-state index contributed by atoms with van der Waals surface area (Å²) in [4.78, 5) is 26.2. The average Bonchev–Trinajstić information content (AvgIpc) is 3.01. The average molecular weight is 560 g/mol. The van der Waals surface area contributed by atoms with Gasteiger partial charge >= 0.3 is 0 Å². The Morgan fingerprint density at radius 3 is 2.45 bits per heavy atom. The number of halogens is 1. The first-order valence-electron chi connectivity index (χ1n) is 13.1. The Kier molecular flexibility index (Phi) is 8.30. The number of benzene rings is 3. The number of aromatic nitrogens is 3. The second-order valence-electron chi connectivity index (χ2n) is 9.45. The van der Waals surface area contributed by atoms with Crippen LogP contribution >= 0.6 is 0 Å². The smallest absolute Gasteiger partial charge is 0.255 e. The number of pyridine rings is 1. The van der Waals surface area contributed by atoms with Gasteiger partial charge in [-0.15, -0.1) is 0 Å². The van der Waals surface area contributed by atoms with Crippen molar-refractivity contribution in [2.75, 3.05) is 17.6 Å². The maximum absolute atomic E-state index is 13.1. The number of nitrogens with zero attached hydrogens (tertiary/aromatic N) is 4. The van der Waals surface area contributed by atoms with Crippen LogP contribution in [0.4, 0.5) is 16.0 Å². The van der Waals surface area contributed by atoms with E-state index in [1.54, 1.807) is 42.6 Å². The molecule has 2 aromatic heterocycles. The highest BCUT2D eigenvalue weighted by molar-refractivity contribution is 5.99. The van der Waals surface area contributed by atoms with Crippen molar-refractivity contribution in [2.45, 2.75) is 13.0 Å². The second-order valence-corrected chi connectivity index (χ2v) is 9.45. The quantitative estimate of drug-likeness (QED) is 0.195. The van der Waals surface area contributed by atoms with E-state index in [-0.39, 0.29) is 34.4 Å². The number of amides is 1. The number of hydrogen-bond acceptors (Lipinski definition) is 8. The molecule has 5 N–H and O–H groups in total. The van der Waals surface area contributed by atoms with Crippen LogP contribution in [0.2, 0.25) is 0 Å². The van der Waals surface area contributed by atoms with E-state index in [2.05, 4.69) is 25.6 Å². The molecule has 2 heterocycles.